The van der Waals surface area contributed by atoms with Gasteiger partial charge in [-0.1, -0.05) is 0 Å². The average Bonchev–Trinajstić information content (AvgIpc) is 2.96. The highest BCUT2D eigenvalue weighted by Gasteiger charge is 1.82. The van der Waals surface area contributed by atoms with Crippen LogP contribution in [0.25, 0.3) is 0 Å². The molecular weight excluding hydrogens is 200 g/mol. The van der Waals surface area contributed by atoms with Gasteiger partial charge >= 0.3 is 0 Å². The Morgan fingerprint density at radius 1 is 0.750 bits per heavy atom. The number of hydrogen-bond donors (Lipinski definition) is 2. The second-order valence-corrected chi connectivity index (χ2v) is 2.63. The van der Waals surface area contributed by atoms with Crippen molar-refractivity contribution in [2.75, 3.05) is 0 Å². The van der Waals surface area contributed by atoms with Crippen molar-refractivity contribution < 1.29 is 0 Å². The summed E-state index contributed by atoms with van der Waals surface area (Å²) in [5, 5.41) is 0. The van der Waals surface area contributed by atoms with Crippen LogP contribution in [0.5, 0.6) is 0 Å². The van der Waals surface area contributed by atoms with E-state index in [2.05, 4.69) is 55.5 Å². The normalized spacial score (nSPS) is 7.75. The maximum Gasteiger partial charge on any atom is 0.183 e. The fourth-order valence-electron chi connectivity index (χ4n) is 0.911. The Hall–Kier alpha value is -2.90. The topological polar surface area (TPSA) is 57.4 Å². The summed E-state index contributed by atoms with van der Waals surface area (Å²) in [4.78, 5) is 13.5. The molecule has 0 saturated heterocycles. The molecule has 16 heavy (non-hydrogen) atoms. The van der Waals surface area contributed by atoms with Crippen LogP contribution in [-0.2, 0) is 0 Å². The highest BCUT2D eigenvalue weighted by molar-refractivity contribution is 5.40. The molecule has 0 atom stereocenters. The predicted molar refractivity (Wildman–Crippen MR) is 58.7 cm³/mol. The summed E-state index contributed by atoms with van der Waals surface area (Å²) in [5.74, 6) is 17.1. The van der Waals surface area contributed by atoms with Crippen LogP contribution < -0.4 is 0 Å². The van der Waals surface area contributed by atoms with E-state index in [1.807, 2.05) is 0 Å². The summed E-state index contributed by atoms with van der Waals surface area (Å²) in [7, 11) is 0. The molecule has 2 aromatic rings. The molecule has 0 radical (unpaired) electrons. The standard InChI is InChI=1S/C12H6N4/c1(3-5-11-13-7-8-14-11)2-4-6-12-15-9-10-16-12/h7-10H,(H,13,14)(H,15,16). The van der Waals surface area contributed by atoms with E-state index >= 15 is 0 Å². The van der Waals surface area contributed by atoms with Crippen molar-refractivity contribution in [3.63, 3.8) is 0 Å². The van der Waals surface area contributed by atoms with Gasteiger partial charge in [-0.15, -0.1) is 0 Å². The number of nitrogens with zero attached hydrogens (tertiary/aromatic N) is 2. The molecule has 2 N–H and O–H groups in total. The summed E-state index contributed by atoms with van der Waals surface area (Å²) in [6, 6.07) is 0. The SMILES string of the molecule is C(#CC#Cc1ncc[nH]1)C#Cc1ncc[nH]1. The molecule has 4 heteroatoms. The lowest BCUT2D eigenvalue weighted by Crippen LogP contribution is -1.74. The van der Waals surface area contributed by atoms with E-state index in [9.17, 15) is 0 Å². The number of aromatic amines is 2. The van der Waals surface area contributed by atoms with E-state index in [0.29, 0.717) is 11.6 Å². The first-order chi connectivity index (χ1) is 7.95. The monoisotopic (exact) mass is 206 g/mol. The molecular formula is C12H6N4. The first-order valence-electron chi connectivity index (χ1n) is 4.46. The second-order valence-electron chi connectivity index (χ2n) is 2.63. The van der Waals surface area contributed by atoms with E-state index in [1.165, 1.54) is 0 Å². The van der Waals surface area contributed by atoms with Crippen LogP contribution in [0.15, 0.2) is 24.8 Å². The Morgan fingerprint density at radius 2 is 1.25 bits per heavy atom. The Balaban J connectivity index is 1.96. The van der Waals surface area contributed by atoms with Gasteiger partial charge < -0.3 is 9.97 Å². The number of aromatic nitrogens is 4. The lowest BCUT2D eigenvalue weighted by Gasteiger charge is -1.72. The third-order valence-electron chi connectivity index (χ3n) is 1.55. The van der Waals surface area contributed by atoms with Crippen molar-refractivity contribution in [3.8, 4) is 35.5 Å². The zero-order valence-corrected chi connectivity index (χ0v) is 8.20. The van der Waals surface area contributed by atoms with E-state index in [-0.39, 0.29) is 0 Å². The van der Waals surface area contributed by atoms with Crippen molar-refractivity contribution >= 4 is 0 Å². The molecule has 0 amide bonds. The van der Waals surface area contributed by atoms with Gasteiger partial charge in [-0.2, -0.15) is 0 Å². The minimum absolute atomic E-state index is 0.591. The van der Waals surface area contributed by atoms with Crippen LogP contribution in [0.3, 0.4) is 0 Å². The molecule has 2 rings (SSSR count). The third-order valence-corrected chi connectivity index (χ3v) is 1.55. The third kappa shape index (κ3) is 2.80. The van der Waals surface area contributed by atoms with Crippen LogP contribution in [0.4, 0.5) is 0 Å². The van der Waals surface area contributed by atoms with Crippen molar-refractivity contribution in [2.45, 2.75) is 0 Å². The van der Waals surface area contributed by atoms with Crippen molar-refractivity contribution in [1.29, 1.82) is 0 Å². The van der Waals surface area contributed by atoms with Crippen molar-refractivity contribution in [3.05, 3.63) is 36.4 Å². The smallest absolute Gasteiger partial charge is 0.183 e. The Morgan fingerprint density at radius 3 is 1.62 bits per heavy atom. The van der Waals surface area contributed by atoms with E-state index in [1.54, 1.807) is 24.8 Å². The summed E-state index contributed by atoms with van der Waals surface area (Å²) >= 11 is 0. The maximum absolute atomic E-state index is 3.93. The number of imidazole rings is 2. The Labute approximate surface area is 92.5 Å². The summed E-state index contributed by atoms with van der Waals surface area (Å²) < 4.78 is 0. The highest BCUT2D eigenvalue weighted by Crippen LogP contribution is 1.82. The molecule has 0 spiro atoms. The molecule has 0 saturated carbocycles. The minimum atomic E-state index is 0.591. The molecule has 74 valence electrons. The Kier molecular flexibility index (Phi) is 3.07. The van der Waals surface area contributed by atoms with Gasteiger partial charge in [0.1, 0.15) is 0 Å². The van der Waals surface area contributed by atoms with Crippen LogP contribution in [0.1, 0.15) is 11.6 Å². The van der Waals surface area contributed by atoms with Gasteiger partial charge in [0.15, 0.2) is 11.6 Å². The van der Waals surface area contributed by atoms with Gasteiger partial charge in [0.2, 0.25) is 0 Å². The van der Waals surface area contributed by atoms with Crippen LogP contribution in [0.2, 0.25) is 0 Å². The summed E-state index contributed by atoms with van der Waals surface area (Å²) in [6.45, 7) is 0. The predicted octanol–water partition coefficient (Wildman–Crippen LogP) is 0.539. The van der Waals surface area contributed by atoms with Gasteiger partial charge in [-0.3, -0.25) is 0 Å². The molecule has 2 heterocycles. The molecule has 0 unspecified atom stereocenters. The van der Waals surface area contributed by atoms with Gasteiger partial charge in [0.25, 0.3) is 0 Å². The maximum atomic E-state index is 3.93. The highest BCUT2D eigenvalue weighted by atomic mass is 14.9. The molecule has 4 nitrogen and oxygen atoms in total. The second kappa shape index (κ2) is 5.10. The minimum Gasteiger partial charge on any atom is -0.338 e. The molecule has 2 aromatic heterocycles. The lowest BCUT2D eigenvalue weighted by atomic mass is 10.5. The number of hydrogen-bond acceptors (Lipinski definition) is 2. The van der Waals surface area contributed by atoms with Crippen molar-refractivity contribution in [2.24, 2.45) is 0 Å². The fraction of sp³-hybridized carbons (Fsp3) is 0. The number of rotatable bonds is 0. The van der Waals surface area contributed by atoms with Crippen LogP contribution >= 0.6 is 0 Å². The fourth-order valence-corrected chi connectivity index (χ4v) is 0.911. The molecule has 0 aliphatic rings. The quantitative estimate of drug-likeness (QED) is 0.618. The van der Waals surface area contributed by atoms with Gasteiger partial charge in [-0.05, 0) is 35.5 Å². The number of nitrogens with one attached hydrogen (secondary N) is 2. The van der Waals surface area contributed by atoms with Crippen molar-refractivity contribution in [1.82, 2.24) is 19.9 Å². The first kappa shape index (κ1) is 9.65. The largest absolute Gasteiger partial charge is 0.338 e. The van der Waals surface area contributed by atoms with Gasteiger partial charge in [0.05, 0.1) is 0 Å². The lowest BCUT2D eigenvalue weighted by molar-refractivity contribution is 1.25. The summed E-state index contributed by atoms with van der Waals surface area (Å²) in [5.41, 5.74) is 0. The van der Waals surface area contributed by atoms with Crippen LogP contribution in [0, 0.1) is 35.5 Å². The average molecular weight is 206 g/mol. The first-order valence-corrected chi connectivity index (χ1v) is 4.46. The summed E-state index contributed by atoms with van der Waals surface area (Å²) in [6.07, 6.45) is 6.67. The van der Waals surface area contributed by atoms with E-state index in [4.69, 9.17) is 0 Å². The molecule has 0 aliphatic heterocycles. The van der Waals surface area contributed by atoms with Gasteiger partial charge in [-0.25, -0.2) is 9.97 Å². The number of H-pyrrole nitrogens is 2. The van der Waals surface area contributed by atoms with Gasteiger partial charge in [0, 0.05) is 24.8 Å². The Bertz CT molecular complexity index is 560. The molecule has 0 fully saturated rings. The molecule has 0 aliphatic carbocycles. The van der Waals surface area contributed by atoms with E-state index < -0.39 is 0 Å². The van der Waals surface area contributed by atoms with Crippen LogP contribution in [-0.4, -0.2) is 19.9 Å². The zero-order valence-electron chi connectivity index (χ0n) is 8.20. The molecule has 0 bridgehead atoms. The van der Waals surface area contributed by atoms with E-state index in [0.717, 1.165) is 0 Å². The molecule has 0 aromatic carbocycles. The zero-order chi connectivity index (χ0) is 11.1.